The van der Waals surface area contributed by atoms with Crippen molar-refractivity contribution in [2.45, 2.75) is 122 Å². The molecule has 1 aliphatic rings. The van der Waals surface area contributed by atoms with Crippen molar-refractivity contribution in [3.63, 3.8) is 0 Å². The topological polar surface area (TPSA) is 385 Å². The van der Waals surface area contributed by atoms with Gasteiger partial charge in [-0.2, -0.15) is 39.5 Å². The molecule has 12 aromatic rings. The molecule has 40 heteroatoms. The van der Waals surface area contributed by atoms with Crippen molar-refractivity contribution < 1.29 is 68.2 Å². The molecule has 0 radical (unpaired) electrons. The molecule has 13 heterocycles. The van der Waals surface area contributed by atoms with Crippen LogP contribution in [0.3, 0.4) is 0 Å². The number of pyridine rings is 4. The molecule has 1 aliphatic heterocycles. The molecule has 4 amide bonds. The number of aromatic nitrogens is 16. The van der Waals surface area contributed by atoms with E-state index >= 15 is 0 Å². The number of likely N-dealkylation sites (N-methyl/N-ethyl adjacent to an activating group) is 1. The molecule has 114 heavy (non-hydrogen) atoms. The van der Waals surface area contributed by atoms with E-state index in [2.05, 4.69) is 95.7 Å². The molecule has 0 aromatic carbocycles. The van der Waals surface area contributed by atoms with Gasteiger partial charge in [-0.3, -0.25) is 19.2 Å². The van der Waals surface area contributed by atoms with Crippen LogP contribution in [-0.4, -0.2) is 200 Å². The van der Waals surface area contributed by atoms with Gasteiger partial charge in [0.15, 0.2) is 34.9 Å². The summed E-state index contributed by atoms with van der Waals surface area (Å²) in [7, 11) is 1.78. The molecule has 12 aromatic heterocycles. The molecule has 1 saturated heterocycles. The third-order valence-corrected chi connectivity index (χ3v) is 18.7. The van der Waals surface area contributed by atoms with Crippen LogP contribution >= 0.6 is 11.6 Å². The van der Waals surface area contributed by atoms with Gasteiger partial charge in [0.1, 0.15) is 82.3 Å². The number of aliphatic hydroxyl groups is 1. The fourth-order valence-electron chi connectivity index (χ4n) is 12.0. The molecule has 3 atom stereocenters. The molecule has 1 fully saturated rings. The summed E-state index contributed by atoms with van der Waals surface area (Å²) in [6.07, 6.45) is 4.83. The van der Waals surface area contributed by atoms with E-state index in [0.717, 1.165) is 43.9 Å². The van der Waals surface area contributed by atoms with Crippen LogP contribution in [0.1, 0.15) is 74.7 Å². The molecule has 0 spiro atoms. The highest BCUT2D eigenvalue weighted by molar-refractivity contribution is 6.31. The van der Waals surface area contributed by atoms with Crippen molar-refractivity contribution in [1.29, 1.82) is 0 Å². The number of fused-ring (bicyclic) bond motifs is 4. The molecule has 0 saturated carbocycles. The number of rotatable bonds is 22. The Morgan fingerprint density at radius 2 is 0.974 bits per heavy atom. The summed E-state index contributed by atoms with van der Waals surface area (Å²) in [5, 5.41) is 28.6. The van der Waals surface area contributed by atoms with Crippen LogP contribution in [0.25, 0.3) is 89.7 Å². The van der Waals surface area contributed by atoms with Gasteiger partial charge in [-0.05, 0) is 107 Å². The Morgan fingerprint density at radius 3 is 1.42 bits per heavy atom. The number of H-pyrrole nitrogens is 4. The first-order valence-electron chi connectivity index (χ1n) is 35.4. The number of carbonyl (C=O) groups excluding carboxylic acids is 4. The van der Waals surface area contributed by atoms with E-state index in [4.69, 9.17) is 11.6 Å². The van der Waals surface area contributed by atoms with Gasteiger partial charge < -0.3 is 66.7 Å². The van der Waals surface area contributed by atoms with Crippen LogP contribution < -0.4 is 36.8 Å². The van der Waals surface area contributed by atoms with Crippen LogP contribution in [0.5, 0.6) is 0 Å². The molecule has 0 bridgehead atoms. The minimum atomic E-state index is -4.59. The summed E-state index contributed by atoms with van der Waals surface area (Å²) in [5.41, 5.74) is 2.13. The van der Waals surface area contributed by atoms with Crippen LogP contribution in [0.4, 0.5) is 67.2 Å². The standard InChI is InChI=1S/2C19H21F3N6O.C18H21ClN6O.C18H16F4N6O2/c1-11(2)18(3,17(29)26-10-19(20,21)22)28-14-6-8-24-16(27-14)13-9-25-15-12(13)5-4-7-23-15;1-3-18(4-2,17(29)26-11-19(20,21)22)28-14-7-9-24-16(27-14)13-10-25-15-12(13)6-5-8-23-15;1-5-25(4)17(26)18(2,3)24-14-6-7-20-16(23-14)13-10-22-15-12(13)8-11(19)9-21-15;19-12-6-25-15(11-5-24-14-10(11)2-1-3-23-14)27-16(12)28-7-9(29)4-13(28)17(30)26-8-18(20,21)22/h4-9,11H,10H2,1-3H3,(H,23,25)(H,26,29)(H,24,27,28);5-10H,3-4,11H2,1-2H3,(H,23,25)(H,26,29)(H,24,27,28);6-10H,5H2,1-4H3,(H,21,22)(H,20,23,24);1-3,5-6,9,13,29H,4,7-8H2,(H,23,24)(H,26,30)/t18-;;;9-,13?/m1..0/s1. The highest BCUT2D eigenvalue weighted by Gasteiger charge is 2.43. The van der Waals surface area contributed by atoms with Gasteiger partial charge in [0.05, 0.1) is 17.3 Å². The minimum Gasteiger partial charge on any atom is -0.391 e. The number of carbonyl (C=O) groups is 4. The number of hydrogen-bond acceptors (Lipinski definition) is 21. The Balaban J connectivity index is 0.000000161. The SMILES string of the molecule is CC(C)[C@@](C)(Nc1ccnc(-c2c[nH]c3ncccc23)n1)C(=O)NCC(F)(F)F.CCC(CC)(Nc1ccnc(-c2c[nH]c3ncccc23)n1)C(=O)NCC(F)(F)F.CCN(C)C(=O)C(C)(C)Nc1ccnc(-c2c[nH]c3ncc(Cl)cc23)n1.O=C(NCC(F)(F)F)C1C[C@H](O)CN1c1nc(-c2c[nH]c3ncccc23)ncc1F. The lowest BCUT2D eigenvalue weighted by molar-refractivity contribution is -0.141. The van der Waals surface area contributed by atoms with Crippen LogP contribution in [0.15, 0.2) is 135 Å². The second-order valence-electron chi connectivity index (χ2n) is 27.2. The zero-order chi connectivity index (χ0) is 82.7. The smallest absolute Gasteiger partial charge is 0.391 e. The second-order valence-corrected chi connectivity index (χ2v) is 27.6. The zero-order valence-electron chi connectivity index (χ0n) is 62.6. The average Bonchev–Trinajstić information content (AvgIpc) is 1.60. The summed E-state index contributed by atoms with van der Waals surface area (Å²) < 4.78 is 127. The Labute approximate surface area is 648 Å². The van der Waals surface area contributed by atoms with E-state index in [1.165, 1.54) is 12.4 Å². The molecule has 0 aliphatic carbocycles. The number of aromatic amines is 4. The van der Waals surface area contributed by atoms with Crippen molar-refractivity contribution in [1.82, 2.24) is 101 Å². The monoisotopic (exact) mass is 1610 g/mol. The summed E-state index contributed by atoms with van der Waals surface area (Å²) in [6, 6.07) is 16.3. The third kappa shape index (κ3) is 20.5. The Hall–Kier alpha value is -12.3. The lowest BCUT2D eigenvalue weighted by atomic mass is 9.87. The molecule has 13 rings (SSSR count). The fourth-order valence-corrected chi connectivity index (χ4v) is 12.2. The van der Waals surface area contributed by atoms with Crippen LogP contribution in [0, 0.1) is 11.7 Å². The van der Waals surface area contributed by atoms with Crippen molar-refractivity contribution in [2.24, 2.45) is 5.92 Å². The zero-order valence-corrected chi connectivity index (χ0v) is 63.3. The number of halogens is 11. The van der Waals surface area contributed by atoms with Crippen molar-refractivity contribution in [2.75, 3.05) is 60.6 Å². The number of amides is 4. The first-order chi connectivity index (χ1) is 53.9. The van der Waals surface area contributed by atoms with Crippen molar-refractivity contribution in [3.8, 4) is 45.6 Å². The van der Waals surface area contributed by atoms with E-state index in [-0.39, 0.29) is 49.3 Å². The van der Waals surface area contributed by atoms with E-state index in [1.54, 1.807) is 150 Å². The van der Waals surface area contributed by atoms with E-state index in [9.17, 15) is 68.2 Å². The van der Waals surface area contributed by atoms with Gasteiger partial charge in [0.25, 0.3) is 0 Å². The maximum atomic E-state index is 14.5. The Bertz CT molecular complexity index is 5210. The average molecular weight is 1610 g/mol. The lowest BCUT2D eigenvalue weighted by Crippen LogP contribution is -2.55. The van der Waals surface area contributed by atoms with Gasteiger partial charge in [-0.15, -0.1) is 0 Å². The number of nitrogens with one attached hydrogen (secondary N) is 10. The number of aliphatic hydroxyl groups excluding tert-OH is 1. The van der Waals surface area contributed by atoms with E-state index < -0.39 is 90.5 Å². The number of hydrogen-bond donors (Lipinski definition) is 11. The molecular weight excluding hydrogens is 1530 g/mol. The number of anilines is 4. The molecule has 29 nitrogen and oxygen atoms in total. The van der Waals surface area contributed by atoms with Crippen LogP contribution in [0.2, 0.25) is 5.02 Å². The third-order valence-electron chi connectivity index (χ3n) is 18.5. The first kappa shape index (κ1) is 84.2. The summed E-state index contributed by atoms with van der Waals surface area (Å²) in [5.74, 6) is -1.21. The highest BCUT2D eigenvalue weighted by atomic mass is 35.5. The molecule has 11 N–H and O–H groups in total. The van der Waals surface area contributed by atoms with E-state index in [1.807, 2.05) is 49.6 Å². The number of β-amino-alcohol motifs (C(OH)–C–C–N with tert-alkyl or cyclic N) is 1. The van der Waals surface area contributed by atoms with Gasteiger partial charge in [-0.1, -0.05) is 39.3 Å². The summed E-state index contributed by atoms with van der Waals surface area (Å²) in [6.45, 7) is 10.3. The van der Waals surface area contributed by atoms with Gasteiger partial charge in [-0.25, -0.2) is 64.2 Å². The second kappa shape index (κ2) is 35.2. The predicted octanol–water partition coefficient (Wildman–Crippen LogP) is 12.3. The molecule has 602 valence electrons. The Kier molecular flexibility index (Phi) is 26.0. The van der Waals surface area contributed by atoms with E-state index in [0.29, 0.717) is 80.0 Å². The van der Waals surface area contributed by atoms with Gasteiger partial charge in [0, 0.05) is 139 Å². The fraction of sp³-hybridized carbons (Fsp3) is 0.351. The van der Waals surface area contributed by atoms with Crippen LogP contribution in [-0.2, 0) is 19.2 Å². The van der Waals surface area contributed by atoms with Crippen molar-refractivity contribution >= 4 is 103 Å². The maximum absolute atomic E-state index is 14.5. The molecular formula is C74H79ClF10N24O5. The molecule has 1 unspecified atom stereocenters. The van der Waals surface area contributed by atoms with Crippen molar-refractivity contribution in [3.05, 3.63) is 146 Å². The number of alkyl halides is 9. The Morgan fingerprint density at radius 1 is 0.553 bits per heavy atom. The quantitative estimate of drug-likeness (QED) is 0.0281. The minimum absolute atomic E-state index is 0.0109. The van der Waals surface area contributed by atoms with Gasteiger partial charge in [0.2, 0.25) is 23.6 Å². The van der Waals surface area contributed by atoms with Gasteiger partial charge >= 0.3 is 18.5 Å². The largest absolute Gasteiger partial charge is 0.405 e. The number of nitrogens with zero attached hydrogens (tertiary/aromatic N) is 14. The highest BCUT2D eigenvalue weighted by Crippen LogP contribution is 2.35. The summed E-state index contributed by atoms with van der Waals surface area (Å²) in [4.78, 5) is 116. The first-order valence-corrected chi connectivity index (χ1v) is 35.8. The lowest BCUT2D eigenvalue weighted by Gasteiger charge is -2.34. The maximum Gasteiger partial charge on any atom is 0.405 e. The summed E-state index contributed by atoms with van der Waals surface area (Å²) >= 11 is 6.06. The predicted molar refractivity (Wildman–Crippen MR) is 407 cm³/mol. The normalized spacial score (nSPS) is 14.4.